The van der Waals surface area contributed by atoms with Gasteiger partial charge in [-0.1, -0.05) is 17.3 Å². The van der Waals surface area contributed by atoms with Gasteiger partial charge in [0.15, 0.2) is 5.69 Å². The normalized spacial score (nSPS) is 17.7. The Bertz CT molecular complexity index is 768. The minimum Gasteiger partial charge on any atom is -0.491 e. The molecule has 138 valence electrons. The van der Waals surface area contributed by atoms with Gasteiger partial charge in [-0.3, -0.25) is 9.69 Å². The highest BCUT2D eigenvalue weighted by molar-refractivity contribution is 5.92. The fraction of sp³-hybridized carbons (Fsp3) is 0.500. The number of aromatic nitrogens is 3. The van der Waals surface area contributed by atoms with Crippen LogP contribution in [0.25, 0.3) is 0 Å². The average molecular weight is 357 g/mol. The Kier molecular flexibility index (Phi) is 4.85. The van der Waals surface area contributed by atoms with E-state index in [0.717, 1.165) is 43.8 Å². The second-order valence-electron chi connectivity index (χ2n) is 6.90. The fourth-order valence-corrected chi connectivity index (χ4v) is 3.10. The summed E-state index contributed by atoms with van der Waals surface area (Å²) in [6.45, 7) is 2.73. The first-order valence-electron chi connectivity index (χ1n) is 8.99. The van der Waals surface area contributed by atoms with Crippen molar-refractivity contribution < 1.29 is 14.6 Å². The van der Waals surface area contributed by atoms with Crippen LogP contribution in [-0.4, -0.2) is 63.3 Å². The number of ether oxygens (including phenoxy) is 1. The number of aliphatic hydroxyl groups is 1. The molecule has 0 unspecified atom stereocenters. The van der Waals surface area contributed by atoms with Crippen molar-refractivity contribution in [1.29, 1.82) is 0 Å². The number of hydrogen-bond acceptors (Lipinski definition) is 6. The Hall–Kier alpha value is -2.45. The van der Waals surface area contributed by atoms with E-state index in [9.17, 15) is 4.79 Å². The zero-order valence-corrected chi connectivity index (χ0v) is 14.5. The van der Waals surface area contributed by atoms with Crippen LogP contribution >= 0.6 is 0 Å². The van der Waals surface area contributed by atoms with Gasteiger partial charge in [-0.25, -0.2) is 4.68 Å². The molecule has 0 spiro atoms. The van der Waals surface area contributed by atoms with E-state index < -0.39 is 0 Å². The van der Waals surface area contributed by atoms with Crippen LogP contribution in [0.3, 0.4) is 0 Å². The molecule has 4 rings (SSSR count). The predicted molar refractivity (Wildman–Crippen MR) is 93.8 cm³/mol. The first-order valence-corrected chi connectivity index (χ1v) is 8.99. The Morgan fingerprint density at radius 2 is 2.19 bits per heavy atom. The summed E-state index contributed by atoms with van der Waals surface area (Å²) < 4.78 is 7.22. The zero-order valence-electron chi connectivity index (χ0n) is 14.5. The van der Waals surface area contributed by atoms with Crippen molar-refractivity contribution in [3.63, 3.8) is 0 Å². The van der Waals surface area contributed by atoms with E-state index in [2.05, 4.69) is 20.5 Å². The van der Waals surface area contributed by atoms with Gasteiger partial charge in [-0.15, -0.1) is 5.10 Å². The molecule has 0 atom stereocenters. The van der Waals surface area contributed by atoms with Crippen LogP contribution in [0.5, 0.6) is 5.75 Å². The number of carbonyl (C=O) groups excluding carboxylic acids is 1. The third-order valence-electron chi connectivity index (χ3n) is 4.62. The number of carbonyl (C=O) groups is 1. The van der Waals surface area contributed by atoms with Crippen molar-refractivity contribution >= 4 is 5.91 Å². The molecule has 2 heterocycles. The first kappa shape index (κ1) is 17.0. The van der Waals surface area contributed by atoms with Crippen LogP contribution in [0.4, 0.5) is 0 Å². The van der Waals surface area contributed by atoms with Crippen LogP contribution in [0, 0.1) is 0 Å². The lowest BCUT2D eigenvalue weighted by Crippen LogP contribution is -2.58. The maximum absolute atomic E-state index is 12.2. The van der Waals surface area contributed by atoms with Gasteiger partial charge in [0.25, 0.3) is 5.91 Å². The van der Waals surface area contributed by atoms with Crippen molar-refractivity contribution in [3.8, 4) is 5.75 Å². The van der Waals surface area contributed by atoms with Crippen LogP contribution in [0.2, 0.25) is 0 Å². The number of rotatable bonds is 8. The molecule has 1 aromatic heterocycles. The van der Waals surface area contributed by atoms with Crippen molar-refractivity contribution in [2.24, 2.45) is 0 Å². The van der Waals surface area contributed by atoms with E-state index in [-0.39, 0.29) is 18.6 Å². The van der Waals surface area contributed by atoms with Gasteiger partial charge in [0.05, 0.1) is 24.9 Å². The molecule has 1 saturated carbocycles. The minimum atomic E-state index is -0.152. The highest BCUT2D eigenvalue weighted by Crippen LogP contribution is 2.33. The summed E-state index contributed by atoms with van der Waals surface area (Å²) >= 11 is 0. The fourth-order valence-electron chi connectivity index (χ4n) is 3.10. The maximum atomic E-state index is 12.2. The van der Waals surface area contributed by atoms with Crippen LogP contribution in [-0.2, 0) is 6.54 Å². The lowest BCUT2D eigenvalue weighted by molar-refractivity contribution is 0.0790. The van der Waals surface area contributed by atoms with E-state index in [1.165, 1.54) is 0 Å². The molecule has 1 amide bonds. The van der Waals surface area contributed by atoms with Crippen LogP contribution in [0.1, 0.15) is 34.9 Å². The number of hydrogen-bond donors (Lipinski definition) is 2. The summed E-state index contributed by atoms with van der Waals surface area (Å²) in [7, 11) is 0. The molecule has 2 fully saturated rings. The summed E-state index contributed by atoms with van der Waals surface area (Å²) in [6, 6.07) is 8.44. The molecular formula is C18H23N5O3. The highest BCUT2D eigenvalue weighted by atomic mass is 16.5. The van der Waals surface area contributed by atoms with Gasteiger partial charge in [0.1, 0.15) is 12.4 Å². The third-order valence-corrected chi connectivity index (χ3v) is 4.62. The second kappa shape index (κ2) is 7.43. The van der Waals surface area contributed by atoms with Gasteiger partial charge in [0.2, 0.25) is 0 Å². The van der Waals surface area contributed by atoms with Crippen LogP contribution < -0.4 is 10.1 Å². The number of benzene rings is 1. The average Bonchev–Trinajstić information content (AvgIpc) is 3.35. The van der Waals surface area contributed by atoms with E-state index in [0.29, 0.717) is 18.3 Å². The maximum Gasteiger partial charge on any atom is 0.273 e. The van der Waals surface area contributed by atoms with Crippen molar-refractivity contribution in [3.05, 3.63) is 41.7 Å². The smallest absolute Gasteiger partial charge is 0.273 e. The number of aliphatic hydroxyl groups excluding tert-OH is 1. The van der Waals surface area contributed by atoms with Crippen LogP contribution in [0.15, 0.2) is 30.5 Å². The molecule has 1 aliphatic carbocycles. The quantitative estimate of drug-likeness (QED) is 0.719. The SMILES string of the molecule is O=C(NC1CN(Cc2cccc(OCCO)c2)C1)c1cn(C2CC2)nn1. The van der Waals surface area contributed by atoms with E-state index >= 15 is 0 Å². The van der Waals surface area contributed by atoms with E-state index in [1.54, 1.807) is 10.9 Å². The molecule has 0 radical (unpaired) electrons. The molecule has 2 N–H and O–H groups in total. The molecule has 1 aromatic carbocycles. The molecule has 8 heteroatoms. The van der Waals surface area contributed by atoms with Gasteiger partial charge in [-0.2, -0.15) is 0 Å². The van der Waals surface area contributed by atoms with Crippen molar-refractivity contribution in [1.82, 2.24) is 25.2 Å². The van der Waals surface area contributed by atoms with E-state index in [1.807, 2.05) is 24.3 Å². The van der Waals surface area contributed by atoms with Crippen molar-refractivity contribution in [2.75, 3.05) is 26.3 Å². The highest BCUT2D eigenvalue weighted by Gasteiger charge is 2.30. The number of likely N-dealkylation sites (tertiary alicyclic amines) is 1. The summed E-state index contributed by atoms with van der Waals surface area (Å²) in [5, 5.41) is 19.8. The third kappa shape index (κ3) is 4.03. The minimum absolute atomic E-state index is 0.00610. The Labute approximate surface area is 151 Å². The first-order chi connectivity index (χ1) is 12.7. The van der Waals surface area contributed by atoms with E-state index in [4.69, 9.17) is 9.84 Å². The second-order valence-corrected chi connectivity index (χ2v) is 6.90. The molecule has 8 nitrogen and oxygen atoms in total. The lowest BCUT2D eigenvalue weighted by atomic mass is 10.1. The Balaban J connectivity index is 1.23. The predicted octanol–water partition coefficient (Wildman–Crippen LogP) is 0.598. The summed E-state index contributed by atoms with van der Waals surface area (Å²) in [6.07, 6.45) is 3.98. The molecule has 1 aliphatic heterocycles. The van der Waals surface area contributed by atoms with Gasteiger partial charge >= 0.3 is 0 Å². The van der Waals surface area contributed by atoms with Gasteiger partial charge in [-0.05, 0) is 30.5 Å². The Morgan fingerprint density at radius 1 is 1.35 bits per heavy atom. The molecule has 0 bridgehead atoms. The largest absolute Gasteiger partial charge is 0.491 e. The molecule has 2 aromatic rings. The monoisotopic (exact) mass is 357 g/mol. The molecular weight excluding hydrogens is 334 g/mol. The summed E-state index contributed by atoms with van der Waals surface area (Å²) in [4.78, 5) is 14.5. The summed E-state index contributed by atoms with van der Waals surface area (Å²) in [5.41, 5.74) is 1.54. The molecule has 1 saturated heterocycles. The van der Waals surface area contributed by atoms with Gasteiger partial charge in [0, 0.05) is 19.6 Å². The number of nitrogens with one attached hydrogen (secondary N) is 1. The lowest BCUT2D eigenvalue weighted by Gasteiger charge is -2.39. The van der Waals surface area contributed by atoms with Crippen molar-refractivity contribution in [2.45, 2.75) is 31.5 Å². The zero-order chi connectivity index (χ0) is 17.9. The van der Waals surface area contributed by atoms with Gasteiger partial charge < -0.3 is 15.2 Å². The Morgan fingerprint density at radius 3 is 2.96 bits per heavy atom. The number of nitrogens with zero attached hydrogens (tertiary/aromatic N) is 4. The number of amides is 1. The molecule has 26 heavy (non-hydrogen) atoms. The topological polar surface area (TPSA) is 92.5 Å². The standard InChI is InChI=1S/C18H23N5O3/c24-6-7-26-16-3-1-2-13(8-16)9-22-10-14(11-22)19-18(25)17-12-23(21-20-17)15-4-5-15/h1-3,8,12,14-15,24H,4-7,9-11H2,(H,19,25). The molecule has 2 aliphatic rings. The summed E-state index contributed by atoms with van der Waals surface area (Å²) in [5.74, 6) is 0.613.